The van der Waals surface area contributed by atoms with E-state index in [1.165, 1.54) is 0 Å². The molecule has 0 unspecified atom stereocenters. The Balaban J connectivity index is 2.40. The quantitative estimate of drug-likeness (QED) is 0.661. The predicted molar refractivity (Wildman–Crippen MR) is 54.5 cm³/mol. The summed E-state index contributed by atoms with van der Waals surface area (Å²) in [6.07, 6.45) is 1.71. The van der Waals surface area contributed by atoms with E-state index >= 15 is 0 Å². The maximum absolute atomic E-state index is 11.5. The normalized spacial score (nSPS) is 14.6. The summed E-state index contributed by atoms with van der Waals surface area (Å²) < 4.78 is 5.29. The standard InChI is InChI=1S/C11H11NO2/c1-2-7-12-9-5-3-4-6-10(9)14-8-11(12)13/h2-6H,1,7-8H2. The second kappa shape index (κ2) is 3.54. The molecule has 1 aromatic rings. The lowest BCUT2D eigenvalue weighted by atomic mass is 10.2. The molecule has 1 amide bonds. The van der Waals surface area contributed by atoms with E-state index in [9.17, 15) is 4.79 Å². The van der Waals surface area contributed by atoms with E-state index in [0.717, 1.165) is 11.4 Å². The Kier molecular flexibility index (Phi) is 2.23. The van der Waals surface area contributed by atoms with Gasteiger partial charge in [0.05, 0.1) is 5.69 Å². The van der Waals surface area contributed by atoms with Crippen LogP contribution in [-0.2, 0) is 4.79 Å². The second-order valence-electron chi connectivity index (χ2n) is 3.05. The zero-order valence-corrected chi connectivity index (χ0v) is 7.77. The highest BCUT2D eigenvalue weighted by molar-refractivity contribution is 5.97. The Bertz CT molecular complexity index is 373. The van der Waals surface area contributed by atoms with E-state index in [1.807, 2.05) is 24.3 Å². The molecule has 0 atom stereocenters. The van der Waals surface area contributed by atoms with Gasteiger partial charge in [-0.25, -0.2) is 0 Å². The van der Waals surface area contributed by atoms with Gasteiger partial charge >= 0.3 is 0 Å². The molecule has 0 fully saturated rings. The van der Waals surface area contributed by atoms with Gasteiger partial charge in [-0.05, 0) is 12.1 Å². The molecular formula is C11H11NO2. The van der Waals surface area contributed by atoms with Crippen molar-refractivity contribution in [2.24, 2.45) is 0 Å². The van der Waals surface area contributed by atoms with Crippen molar-refractivity contribution in [3.8, 4) is 5.75 Å². The lowest BCUT2D eigenvalue weighted by Gasteiger charge is -2.28. The third-order valence-corrected chi connectivity index (χ3v) is 2.12. The van der Waals surface area contributed by atoms with E-state index < -0.39 is 0 Å². The Hall–Kier alpha value is -1.77. The van der Waals surface area contributed by atoms with Gasteiger partial charge in [0.1, 0.15) is 5.75 Å². The monoisotopic (exact) mass is 189 g/mol. The molecule has 14 heavy (non-hydrogen) atoms. The number of nitrogens with zero attached hydrogens (tertiary/aromatic N) is 1. The summed E-state index contributed by atoms with van der Waals surface area (Å²) >= 11 is 0. The summed E-state index contributed by atoms with van der Waals surface area (Å²) in [6, 6.07) is 7.51. The second-order valence-corrected chi connectivity index (χ2v) is 3.05. The van der Waals surface area contributed by atoms with Crippen LogP contribution in [-0.4, -0.2) is 19.1 Å². The van der Waals surface area contributed by atoms with Crippen LogP contribution in [0.25, 0.3) is 0 Å². The molecular weight excluding hydrogens is 178 g/mol. The fraction of sp³-hybridized carbons (Fsp3) is 0.182. The van der Waals surface area contributed by atoms with Crippen molar-refractivity contribution in [2.45, 2.75) is 0 Å². The summed E-state index contributed by atoms with van der Waals surface area (Å²) in [5, 5.41) is 0. The van der Waals surface area contributed by atoms with Gasteiger partial charge in [0.25, 0.3) is 5.91 Å². The van der Waals surface area contributed by atoms with Crippen molar-refractivity contribution in [1.29, 1.82) is 0 Å². The maximum atomic E-state index is 11.5. The van der Waals surface area contributed by atoms with Crippen LogP contribution >= 0.6 is 0 Å². The van der Waals surface area contributed by atoms with Crippen LogP contribution in [0.1, 0.15) is 0 Å². The Morgan fingerprint density at radius 3 is 3.07 bits per heavy atom. The van der Waals surface area contributed by atoms with Crippen LogP contribution in [0.4, 0.5) is 5.69 Å². The van der Waals surface area contributed by atoms with Crippen LogP contribution in [0, 0.1) is 0 Å². The molecule has 3 heteroatoms. The fourth-order valence-electron chi connectivity index (χ4n) is 1.48. The number of carbonyl (C=O) groups excluding carboxylic acids is 1. The Morgan fingerprint density at radius 1 is 1.50 bits per heavy atom. The van der Waals surface area contributed by atoms with Crippen molar-refractivity contribution in [3.63, 3.8) is 0 Å². The van der Waals surface area contributed by atoms with Gasteiger partial charge in [0.15, 0.2) is 6.61 Å². The molecule has 2 rings (SSSR count). The summed E-state index contributed by atoms with van der Waals surface area (Å²) in [6.45, 7) is 4.27. The van der Waals surface area contributed by atoms with Gasteiger partial charge in [0, 0.05) is 6.54 Å². The molecule has 3 nitrogen and oxygen atoms in total. The van der Waals surface area contributed by atoms with Crippen molar-refractivity contribution >= 4 is 11.6 Å². The molecule has 0 saturated heterocycles. The van der Waals surface area contributed by atoms with E-state index in [4.69, 9.17) is 4.74 Å². The maximum Gasteiger partial charge on any atom is 0.265 e. The molecule has 1 aliphatic heterocycles. The molecule has 0 N–H and O–H groups in total. The third kappa shape index (κ3) is 1.37. The molecule has 0 aliphatic carbocycles. The molecule has 1 heterocycles. The molecule has 72 valence electrons. The van der Waals surface area contributed by atoms with Gasteiger partial charge < -0.3 is 9.64 Å². The van der Waals surface area contributed by atoms with E-state index in [1.54, 1.807) is 11.0 Å². The average Bonchev–Trinajstić information content (AvgIpc) is 2.23. The number of hydrogen-bond acceptors (Lipinski definition) is 2. The number of amides is 1. The first kappa shape index (κ1) is 8.81. The molecule has 0 aromatic heterocycles. The smallest absolute Gasteiger partial charge is 0.265 e. The minimum absolute atomic E-state index is 0.0244. The summed E-state index contributed by atoms with van der Waals surface area (Å²) in [5.74, 6) is 0.734. The van der Waals surface area contributed by atoms with Gasteiger partial charge in [-0.1, -0.05) is 18.2 Å². The summed E-state index contributed by atoms with van der Waals surface area (Å²) in [7, 11) is 0. The number of ether oxygens (including phenoxy) is 1. The summed E-state index contributed by atoms with van der Waals surface area (Å²) in [4.78, 5) is 13.2. The number of carbonyl (C=O) groups is 1. The van der Waals surface area contributed by atoms with Crippen LogP contribution in [0.15, 0.2) is 36.9 Å². The van der Waals surface area contributed by atoms with Crippen LogP contribution in [0.2, 0.25) is 0 Å². The molecule has 0 radical (unpaired) electrons. The topological polar surface area (TPSA) is 29.5 Å². The highest BCUT2D eigenvalue weighted by Gasteiger charge is 2.23. The van der Waals surface area contributed by atoms with Gasteiger partial charge in [-0.15, -0.1) is 6.58 Å². The van der Waals surface area contributed by atoms with Crippen molar-refractivity contribution < 1.29 is 9.53 Å². The molecule has 0 saturated carbocycles. The first-order chi connectivity index (χ1) is 6.83. The minimum Gasteiger partial charge on any atom is -0.482 e. The number of hydrogen-bond donors (Lipinski definition) is 0. The SMILES string of the molecule is C=CCN1C(=O)COc2ccccc21. The number of para-hydroxylation sites is 2. The van der Waals surface area contributed by atoms with E-state index in [0.29, 0.717) is 6.54 Å². The van der Waals surface area contributed by atoms with Crippen molar-refractivity contribution in [2.75, 3.05) is 18.1 Å². The van der Waals surface area contributed by atoms with E-state index in [2.05, 4.69) is 6.58 Å². The number of fused-ring (bicyclic) bond motifs is 1. The van der Waals surface area contributed by atoms with Crippen molar-refractivity contribution in [3.05, 3.63) is 36.9 Å². The Labute approximate surface area is 82.6 Å². The van der Waals surface area contributed by atoms with E-state index in [-0.39, 0.29) is 12.5 Å². The first-order valence-corrected chi connectivity index (χ1v) is 4.46. The predicted octanol–water partition coefficient (Wildman–Crippen LogP) is 1.60. The van der Waals surface area contributed by atoms with Gasteiger partial charge in [-0.2, -0.15) is 0 Å². The average molecular weight is 189 g/mol. The van der Waals surface area contributed by atoms with Crippen molar-refractivity contribution in [1.82, 2.24) is 0 Å². The zero-order valence-electron chi connectivity index (χ0n) is 7.77. The number of rotatable bonds is 2. The highest BCUT2D eigenvalue weighted by atomic mass is 16.5. The van der Waals surface area contributed by atoms with Gasteiger partial charge in [0.2, 0.25) is 0 Å². The van der Waals surface area contributed by atoms with Crippen LogP contribution in [0.5, 0.6) is 5.75 Å². The minimum atomic E-state index is -0.0244. The molecule has 1 aromatic carbocycles. The molecule has 1 aliphatic rings. The zero-order chi connectivity index (χ0) is 9.97. The van der Waals surface area contributed by atoms with Gasteiger partial charge in [-0.3, -0.25) is 4.79 Å². The Morgan fingerprint density at radius 2 is 2.29 bits per heavy atom. The van der Waals surface area contributed by atoms with Crippen LogP contribution < -0.4 is 9.64 Å². The number of anilines is 1. The molecule has 0 spiro atoms. The highest BCUT2D eigenvalue weighted by Crippen LogP contribution is 2.30. The fourth-order valence-corrected chi connectivity index (χ4v) is 1.48. The molecule has 0 bridgehead atoms. The summed E-state index contributed by atoms with van der Waals surface area (Å²) in [5.41, 5.74) is 0.823. The lowest BCUT2D eigenvalue weighted by molar-refractivity contribution is -0.121. The number of benzene rings is 1. The first-order valence-electron chi connectivity index (χ1n) is 4.46. The largest absolute Gasteiger partial charge is 0.482 e. The van der Waals surface area contributed by atoms with Crippen LogP contribution in [0.3, 0.4) is 0 Å². The lowest BCUT2D eigenvalue weighted by Crippen LogP contribution is -2.38. The third-order valence-electron chi connectivity index (χ3n) is 2.12.